The number of aromatic nitrogens is 1. The van der Waals surface area contributed by atoms with E-state index >= 15 is 0 Å². The Hall–Kier alpha value is -4.09. The van der Waals surface area contributed by atoms with E-state index in [1.165, 1.54) is 40.1 Å². The van der Waals surface area contributed by atoms with Gasteiger partial charge in [-0.05, 0) is 62.9 Å². The molecule has 0 radical (unpaired) electrons. The molecule has 3 atom stereocenters. The van der Waals surface area contributed by atoms with E-state index in [1.807, 2.05) is 4.90 Å². The zero-order valence-electron chi connectivity index (χ0n) is 25.3. The Balaban J connectivity index is 1.25. The second-order valence-corrected chi connectivity index (χ2v) is 12.8. The summed E-state index contributed by atoms with van der Waals surface area (Å²) in [6.45, 7) is 12.1. The van der Waals surface area contributed by atoms with Crippen LogP contribution in [0.5, 0.6) is 5.88 Å². The zero-order chi connectivity index (χ0) is 29.7. The molecule has 43 heavy (non-hydrogen) atoms. The van der Waals surface area contributed by atoms with Gasteiger partial charge in [-0.15, -0.1) is 0 Å². The van der Waals surface area contributed by atoms with E-state index < -0.39 is 0 Å². The summed E-state index contributed by atoms with van der Waals surface area (Å²) in [5.41, 5.74) is 6.24. The Kier molecular flexibility index (Phi) is 7.22. The molecular weight excluding hydrogens is 536 g/mol. The fraction of sp³-hybridized carbons (Fsp3) is 0.457. The van der Waals surface area contributed by atoms with Crippen LogP contribution in [0, 0.1) is 30.1 Å². The molecule has 7 rings (SSSR count). The van der Waals surface area contributed by atoms with E-state index in [4.69, 9.17) is 9.72 Å². The Bertz CT molecular complexity index is 1610. The van der Waals surface area contributed by atoms with Gasteiger partial charge < -0.3 is 24.3 Å². The molecule has 3 unspecified atom stereocenters. The van der Waals surface area contributed by atoms with Crippen molar-refractivity contribution in [2.24, 2.45) is 11.8 Å². The average molecular weight is 577 g/mol. The van der Waals surface area contributed by atoms with E-state index in [1.54, 1.807) is 0 Å². The van der Waals surface area contributed by atoms with Crippen LogP contribution in [-0.2, 0) is 17.8 Å². The highest BCUT2D eigenvalue weighted by Gasteiger charge is 2.43. The van der Waals surface area contributed by atoms with Crippen molar-refractivity contribution in [1.82, 2.24) is 14.8 Å². The molecule has 3 fully saturated rings. The Morgan fingerprint density at radius 3 is 2.58 bits per heavy atom. The van der Waals surface area contributed by atoms with Crippen molar-refractivity contribution in [3.05, 3.63) is 71.4 Å². The van der Waals surface area contributed by atoms with Crippen LogP contribution in [0.4, 0.5) is 11.4 Å². The monoisotopic (exact) mass is 576 g/mol. The van der Waals surface area contributed by atoms with E-state index in [9.17, 15) is 10.1 Å². The van der Waals surface area contributed by atoms with Gasteiger partial charge in [0.25, 0.3) is 0 Å². The van der Waals surface area contributed by atoms with Gasteiger partial charge in [0.1, 0.15) is 18.2 Å². The lowest BCUT2D eigenvalue weighted by Crippen LogP contribution is -2.36. The van der Waals surface area contributed by atoms with Crippen molar-refractivity contribution in [1.29, 1.82) is 5.26 Å². The maximum absolute atomic E-state index is 12.3. The highest BCUT2D eigenvalue weighted by atomic mass is 16.5. The summed E-state index contributed by atoms with van der Waals surface area (Å²) in [6.07, 6.45) is 4.49. The summed E-state index contributed by atoms with van der Waals surface area (Å²) in [5.74, 6) is 1.24. The summed E-state index contributed by atoms with van der Waals surface area (Å²) < 4.78 is 6.45. The number of nitrogens with zero attached hydrogens (tertiary/aromatic N) is 6. The van der Waals surface area contributed by atoms with Crippen molar-refractivity contribution < 1.29 is 9.53 Å². The van der Waals surface area contributed by atoms with E-state index in [0.29, 0.717) is 42.5 Å². The van der Waals surface area contributed by atoms with Gasteiger partial charge in [-0.2, -0.15) is 5.26 Å². The Labute approximate surface area is 254 Å². The molecular formula is C35H40N6O2. The summed E-state index contributed by atoms with van der Waals surface area (Å²) >= 11 is 0. The van der Waals surface area contributed by atoms with Gasteiger partial charge in [-0.3, -0.25) is 4.79 Å². The lowest BCUT2D eigenvalue weighted by Gasteiger charge is -2.35. The van der Waals surface area contributed by atoms with Gasteiger partial charge >= 0.3 is 0 Å². The molecule has 2 aromatic carbocycles. The van der Waals surface area contributed by atoms with Crippen molar-refractivity contribution in [2.45, 2.75) is 38.8 Å². The number of aryl methyl sites for hydroxylation is 1. The van der Waals surface area contributed by atoms with Crippen molar-refractivity contribution >= 4 is 28.1 Å². The molecule has 4 aliphatic rings. The van der Waals surface area contributed by atoms with Crippen LogP contribution in [0.1, 0.15) is 35.2 Å². The number of rotatable bonds is 6. The number of benzene rings is 2. The first-order valence-corrected chi connectivity index (χ1v) is 15.6. The molecule has 0 aliphatic carbocycles. The summed E-state index contributed by atoms with van der Waals surface area (Å²) in [5, 5.41) is 13.1. The van der Waals surface area contributed by atoms with Crippen LogP contribution in [0.15, 0.2) is 49.1 Å². The predicted molar refractivity (Wildman–Crippen MR) is 170 cm³/mol. The number of nitriles is 1. The van der Waals surface area contributed by atoms with Crippen LogP contribution in [0.25, 0.3) is 10.8 Å². The van der Waals surface area contributed by atoms with Crippen LogP contribution < -0.4 is 14.5 Å². The van der Waals surface area contributed by atoms with E-state index in [2.05, 4.69) is 77.7 Å². The first kappa shape index (κ1) is 27.7. The molecule has 4 aliphatic heterocycles. The number of amides is 1. The van der Waals surface area contributed by atoms with Gasteiger partial charge in [0.15, 0.2) is 0 Å². The fourth-order valence-corrected chi connectivity index (χ4v) is 7.91. The highest BCUT2D eigenvalue weighted by molar-refractivity contribution is 5.97. The number of pyridine rings is 1. The molecule has 0 saturated carbocycles. The minimum Gasteiger partial charge on any atom is -0.475 e. The molecule has 0 spiro atoms. The SMILES string of the molecule is C=CC(=O)N1CC2CN(c3c(C#N)c(OCC4CCCN4C)nc4c3CCN(c3cccc5cccc(C)c35)C4)CC2C1. The van der Waals surface area contributed by atoms with Gasteiger partial charge in [-0.1, -0.05) is 36.9 Å². The normalized spacial score (nSPS) is 23.4. The molecule has 3 aromatic rings. The first-order chi connectivity index (χ1) is 20.9. The number of carbonyl (C=O) groups excluding carboxylic acids is 1. The molecule has 8 nitrogen and oxygen atoms in total. The number of carbonyl (C=O) groups is 1. The third-order valence-electron chi connectivity index (χ3n) is 10.2. The quantitative estimate of drug-likeness (QED) is 0.399. The summed E-state index contributed by atoms with van der Waals surface area (Å²) in [4.78, 5) is 26.5. The zero-order valence-corrected chi connectivity index (χ0v) is 25.3. The minimum absolute atomic E-state index is 0.0104. The highest BCUT2D eigenvalue weighted by Crippen LogP contribution is 2.43. The van der Waals surface area contributed by atoms with Crippen molar-refractivity contribution in [2.75, 3.05) is 62.7 Å². The molecule has 3 saturated heterocycles. The number of likely N-dealkylation sites (N-methyl/N-ethyl adjacent to an activating group) is 1. The van der Waals surface area contributed by atoms with Gasteiger partial charge in [0, 0.05) is 67.2 Å². The molecule has 1 amide bonds. The Morgan fingerprint density at radius 1 is 1.12 bits per heavy atom. The standard InChI is InChI=1S/C35H40N6O2/c1-4-32(42)40-17-25-19-41(20-26(25)18-40)34-28-13-15-39(31-12-6-10-24-9-5-8-23(2)33(24)31)21-30(28)37-35(29(34)16-36)43-22-27-11-7-14-38(27)3/h4-6,8-10,12,25-27H,1,7,11,13-15,17-22H2,2-3H3. The van der Waals surface area contributed by atoms with E-state index in [-0.39, 0.29) is 5.91 Å². The number of hydrogen-bond acceptors (Lipinski definition) is 7. The van der Waals surface area contributed by atoms with E-state index in [0.717, 1.165) is 63.5 Å². The molecule has 8 heteroatoms. The second-order valence-electron chi connectivity index (χ2n) is 12.8. The molecule has 5 heterocycles. The molecule has 222 valence electrons. The number of likely N-dealkylation sites (tertiary alicyclic amines) is 2. The number of anilines is 2. The molecule has 0 bridgehead atoms. The number of hydrogen-bond donors (Lipinski definition) is 0. The molecule has 0 N–H and O–H groups in total. The second kappa shape index (κ2) is 11.2. The van der Waals surface area contributed by atoms with Crippen molar-refractivity contribution in [3.63, 3.8) is 0 Å². The first-order valence-electron chi connectivity index (χ1n) is 15.6. The smallest absolute Gasteiger partial charge is 0.245 e. The van der Waals surface area contributed by atoms with Crippen LogP contribution in [0.2, 0.25) is 0 Å². The molecule has 1 aromatic heterocycles. The minimum atomic E-state index is 0.0104. The third kappa shape index (κ3) is 4.90. The van der Waals surface area contributed by atoms with Crippen LogP contribution in [-0.4, -0.2) is 79.7 Å². The maximum Gasteiger partial charge on any atom is 0.245 e. The lowest BCUT2D eigenvalue weighted by atomic mass is 9.96. The van der Waals surface area contributed by atoms with Gasteiger partial charge in [0.05, 0.1) is 17.9 Å². The van der Waals surface area contributed by atoms with Gasteiger partial charge in [-0.25, -0.2) is 4.98 Å². The Morgan fingerprint density at radius 2 is 1.88 bits per heavy atom. The van der Waals surface area contributed by atoms with Crippen molar-refractivity contribution in [3.8, 4) is 11.9 Å². The third-order valence-corrected chi connectivity index (χ3v) is 10.2. The lowest BCUT2D eigenvalue weighted by molar-refractivity contribution is -0.125. The van der Waals surface area contributed by atoms with Crippen LogP contribution >= 0.6 is 0 Å². The predicted octanol–water partition coefficient (Wildman–Crippen LogP) is 4.53. The van der Waals surface area contributed by atoms with Gasteiger partial charge in [0.2, 0.25) is 11.8 Å². The topological polar surface area (TPSA) is 75.9 Å². The van der Waals surface area contributed by atoms with Crippen LogP contribution in [0.3, 0.4) is 0 Å². The average Bonchev–Trinajstić information content (AvgIpc) is 3.73. The summed E-state index contributed by atoms with van der Waals surface area (Å²) in [7, 11) is 2.14. The largest absolute Gasteiger partial charge is 0.475 e. The summed E-state index contributed by atoms with van der Waals surface area (Å²) in [6, 6.07) is 15.9. The number of ether oxygens (including phenoxy) is 1. The number of fused-ring (bicyclic) bond motifs is 3. The fourth-order valence-electron chi connectivity index (χ4n) is 7.91. The maximum atomic E-state index is 12.3.